The van der Waals surface area contributed by atoms with E-state index in [2.05, 4.69) is 14.9 Å². The number of sulfonamides is 1. The first kappa shape index (κ1) is 27.4. The van der Waals surface area contributed by atoms with Gasteiger partial charge >= 0.3 is 0 Å². The van der Waals surface area contributed by atoms with E-state index in [-0.39, 0.29) is 5.91 Å². The van der Waals surface area contributed by atoms with Crippen LogP contribution in [0, 0.1) is 10.2 Å². The fraction of sp³-hybridized carbons (Fsp3) is 0.500. The topological polar surface area (TPSA) is 140 Å². The van der Waals surface area contributed by atoms with Gasteiger partial charge in [-0.15, -0.1) is 0 Å². The predicted molar refractivity (Wildman–Crippen MR) is 147 cm³/mol. The minimum atomic E-state index is -3.72. The Balaban J connectivity index is 1.63. The number of carbonyl (C=O) groups is 1. The maximum absolute atomic E-state index is 13.4. The van der Waals surface area contributed by atoms with Crippen molar-refractivity contribution in [1.29, 1.82) is 4.78 Å². The second kappa shape index (κ2) is 9.92. The van der Waals surface area contributed by atoms with Crippen molar-refractivity contribution in [2.24, 2.45) is 5.41 Å². The van der Waals surface area contributed by atoms with E-state index in [4.69, 9.17) is 9.89 Å². The lowest BCUT2D eigenvalue weighted by Gasteiger charge is -2.35. The van der Waals surface area contributed by atoms with Gasteiger partial charge in [-0.1, -0.05) is 6.07 Å². The summed E-state index contributed by atoms with van der Waals surface area (Å²) >= 11 is 0. The van der Waals surface area contributed by atoms with E-state index in [1.165, 1.54) is 18.9 Å². The van der Waals surface area contributed by atoms with E-state index < -0.39 is 36.9 Å². The third-order valence-electron chi connectivity index (χ3n) is 7.28. The summed E-state index contributed by atoms with van der Waals surface area (Å²) in [7, 11) is -6.82. The van der Waals surface area contributed by atoms with Gasteiger partial charge in [0.05, 0.1) is 39.0 Å². The maximum atomic E-state index is 13.4. The molecule has 4 N–H and O–H groups in total. The standard InChI is InChI=1S/C26H36N4O5S2/c1-25(2,3)37(27,35)21-6-4-5-19(17-21)28-24(32)22-8-7-20(29-36(33,34)16-15-31)18-23(22)30-13-11-26(9-10-26)12-14-30/h4-8,17-18,27,29,31H,9-16H2,1-3H3,(H,28,32)/t37-/m0/s1. The van der Waals surface area contributed by atoms with Crippen LogP contribution < -0.4 is 14.9 Å². The third kappa shape index (κ3) is 6.10. The lowest BCUT2D eigenvalue weighted by molar-refractivity contribution is 0.102. The number of aliphatic hydroxyl groups is 1. The number of benzene rings is 2. The third-order valence-corrected chi connectivity index (χ3v) is 11.2. The molecule has 1 amide bonds. The zero-order valence-corrected chi connectivity index (χ0v) is 23.2. The number of amides is 1. The molecule has 1 saturated heterocycles. The summed E-state index contributed by atoms with van der Waals surface area (Å²) in [4.78, 5) is 15.9. The number of rotatable bonds is 8. The molecule has 1 heterocycles. The van der Waals surface area contributed by atoms with Crippen molar-refractivity contribution in [2.45, 2.75) is 56.1 Å². The van der Waals surface area contributed by atoms with Crippen molar-refractivity contribution in [2.75, 3.05) is 40.4 Å². The Morgan fingerprint density at radius 2 is 1.70 bits per heavy atom. The van der Waals surface area contributed by atoms with Crippen molar-refractivity contribution in [1.82, 2.24) is 0 Å². The number of aliphatic hydroxyl groups excluding tert-OH is 1. The molecule has 2 fully saturated rings. The van der Waals surface area contributed by atoms with Crippen molar-refractivity contribution in [3.63, 3.8) is 0 Å². The molecule has 0 radical (unpaired) electrons. The molecule has 0 aromatic heterocycles. The van der Waals surface area contributed by atoms with Gasteiger partial charge < -0.3 is 15.3 Å². The normalized spacial score (nSPS) is 18.8. The Labute approximate surface area is 219 Å². The second-order valence-electron chi connectivity index (χ2n) is 11.0. The van der Waals surface area contributed by atoms with E-state index in [1.54, 1.807) is 57.2 Å². The molecule has 1 aliphatic carbocycles. The molecule has 202 valence electrons. The summed E-state index contributed by atoms with van der Waals surface area (Å²) in [6.45, 7) is 6.31. The van der Waals surface area contributed by atoms with E-state index in [1.807, 2.05) is 0 Å². The van der Waals surface area contributed by atoms with Crippen LogP contribution in [0.4, 0.5) is 17.1 Å². The molecular formula is C26H36N4O5S2. The molecule has 2 aromatic rings. The Kier molecular flexibility index (Phi) is 7.35. The zero-order chi connectivity index (χ0) is 27.1. The van der Waals surface area contributed by atoms with Gasteiger partial charge in [0, 0.05) is 28.4 Å². The molecule has 2 aliphatic rings. The molecule has 0 bridgehead atoms. The van der Waals surface area contributed by atoms with Gasteiger partial charge in [-0.3, -0.25) is 9.52 Å². The van der Waals surface area contributed by atoms with Gasteiger partial charge in [-0.2, -0.15) is 0 Å². The average Bonchev–Trinajstić information content (AvgIpc) is 3.57. The van der Waals surface area contributed by atoms with Crippen LogP contribution in [0.5, 0.6) is 0 Å². The van der Waals surface area contributed by atoms with Gasteiger partial charge in [0.2, 0.25) is 10.0 Å². The summed E-state index contributed by atoms with van der Waals surface area (Å²) in [5, 5.41) is 11.9. The number of nitrogens with zero attached hydrogens (tertiary/aromatic N) is 1. The molecule has 1 atom stereocenters. The summed E-state index contributed by atoms with van der Waals surface area (Å²) in [6.07, 6.45) is 4.53. The Bertz CT molecular complexity index is 1380. The molecule has 1 saturated carbocycles. The van der Waals surface area contributed by atoms with Crippen LogP contribution in [0.3, 0.4) is 0 Å². The highest BCUT2D eigenvalue weighted by Crippen LogP contribution is 2.54. The maximum Gasteiger partial charge on any atom is 0.257 e. The first-order chi connectivity index (χ1) is 17.3. The quantitative estimate of drug-likeness (QED) is 0.389. The predicted octanol–water partition coefficient (Wildman–Crippen LogP) is 4.26. The van der Waals surface area contributed by atoms with Crippen LogP contribution in [0.15, 0.2) is 47.4 Å². The van der Waals surface area contributed by atoms with E-state index in [0.717, 1.165) is 25.9 Å². The summed E-state index contributed by atoms with van der Waals surface area (Å²) in [5.74, 6) is -0.795. The molecule has 2 aromatic carbocycles. The van der Waals surface area contributed by atoms with Gasteiger partial charge in [0.1, 0.15) is 0 Å². The summed E-state index contributed by atoms with van der Waals surface area (Å²) < 4.78 is 47.7. The lowest BCUT2D eigenvalue weighted by atomic mass is 9.93. The lowest BCUT2D eigenvalue weighted by Crippen LogP contribution is -2.35. The van der Waals surface area contributed by atoms with Crippen molar-refractivity contribution < 1.29 is 22.5 Å². The van der Waals surface area contributed by atoms with Gasteiger partial charge in [-0.25, -0.2) is 17.4 Å². The van der Waals surface area contributed by atoms with Gasteiger partial charge in [0.25, 0.3) is 5.91 Å². The number of piperidine rings is 1. The van der Waals surface area contributed by atoms with Crippen LogP contribution in [-0.4, -0.2) is 53.8 Å². The number of hydrogen-bond donors (Lipinski definition) is 4. The SMILES string of the molecule is CC(C)(C)[S@@](=N)(=O)c1cccc(NC(=O)c2ccc(NS(=O)(=O)CCO)cc2N2CCC3(CC2)CC3)c1. The fourth-order valence-corrected chi connectivity index (χ4v) is 6.70. The van der Waals surface area contributed by atoms with Crippen molar-refractivity contribution >= 4 is 42.7 Å². The molecule has 37 heavy (non-hydrogen) atoms. The first-order valence-corrected chi connectivity index (χ1v) is 15.7. The molecule has 1 spiro atoms. The Hall–Kier alpha value is -2.63. The number of anilines is 3. The highest BCUT2D eigenvalue weighted by molar-refractivity contribution is 7.93. The highest BCUT2D eigenvalue weighted by atomic mass is 32.2. The molecular weight excluding hydrogens is 512 g/mol. The fourth-order valence-electron chi connectivity index (χ4n) is 4.60. The van der Waals surface area contributed by atoms with Crippen LogP contribution >= 0.6 is 0 Å². The number of carbonyl (C=O) groups excluding carboxylic acids is 1. The Morgan fingerprint density at radius 3 is 2.30 bits per heavy atom. The molecule has 4 rings (SSSR count). The van der Waals surface area contributed by atoms with Crippen LogP contribution in [0.1, 0.15) is 56.8 Å². The first-order valence-electron chi connectivity index (χ1n) is 12.5. The molecule has 9 nitrogen and oxygen atoms in total. The zero-order valence-electron chi connectivity index (χ0n) is 21.5. The summed E-state index contributed by atoms with van der Waals surface area (Å²) in [6, 6.07) is 11.4. The van der Waals surface area contributed by atoms with Crippen LogP contribution in [0.25, 0.3) is 0 Å². The average molecular weight is 549 g/mol. The minimum Gasteiger partial charge on any atom is -0.395 e. The van der Waals surface area contributed by atoms with Crippen molar-refractivity contribution in [3.05, 3.63) is 48.0 Å². The Morgan fingerprint density at radius 1 is 1.03 bits per heavy atom. The van der Waals surface area contributed by atoms with Gasteiger partial charge in [-0.05, 0) is 88.3 Å². The van der Waals surface area contributed by atoms with E-state index in [0.29, 0.717) is 32.9 Å². The van der Waals surface area contributed by atoms with Crippen LogP contribution in [-0.2, 0) is 19.8 Å². The monoisotopic (exact) mass is 548 g/mol. The van der Waals surface area contributed by atoms with E-state index in [9.17, 15) is 17.4 Å². The van der Waals surface area contributed by atoms with Crippen LogP contribution in [0.2, 0.25) is 0 Å². The minimum absolute atomic E-state index is 0.327. The summed E-state index contributed by atoms with van der Waals surface area (Å²) in [5.41, 5.74) is 2.21. The molecule has 11 heteroatoms. The second-order valence-corrected chi connectivity index (χ2v) is 15.7. The van der Waals surface area contributed by atoms with Crippen molar-refractivity contribution in [3.8, 4) is 0 Å². The smallest absolute Gasteiger partial charge is 0.257 e. The number of nitrogens with one attached hydrogen (secondary N) is 3. The number of hydrogen-bond acceptors (Lipinski definition) is 7. The molecule has 0 unspecified atom stereocenters. The largest absolute Gasteiger partial charge is 0.395 e. The van der Waals surface area contributed by atoms with Gasteiger partial charge in [0.15, 0.2) is 0 Å². The highest BCUT2D eigenvalue weighted by Gasteiger charge is 2.44. The molecule has 1 aliphatic heterocycles. The van der Waals surface area contributed by atoms with E-state index >= 15 is 0 Å².